The molecule has 0 spiro atoms. The zero-order chi connectivity index (χ0) is 16.1. The number of aliphatic carboxylic acids is 1. The Hall–Kier alpha value is -1.45. The second-order valence-electron chi connectivity index (χ2n) is 4.69. The van der Waals surface area contributed by atoms with Gasteiger partial charge in [0.25, 0.3) is 0 Å². The van der Waals surface area contributed by atoms with E-state index < -0.39 is 37.0 Å². The molecule has 0 heterocycles. The van der Waals surface area contributed by atoms with Gasteiger partial charge in [-0.25, -0.2) is 21.6 Å². The Morgan fingerprint density at radius 2 is 1.76 bits per heavy atom. The first-order valence-electron chi connectivity index (χ1n) is 6.03. The molecule has 0 aliphatic heterocycles. The highest BCUT2D eigenvalue weighted by Crippen LogP contribution is 2.07. The summed E-state index contributed by atoms with van der Waals surface area (Å²) in [6.07, 6.45) is 1.16. The standard InChI is InChI=1S/C12H17NO6S2/c1-20(16,17)9-21(18,19)13-11(12(14)15)8-7-10-5-3-2-4-6-10/h2-6,11,13H,7-9H2,1H3,(H,14,15)/t11-/m0/s1. The van der Waals surface area contributed by atoms with Crippen LogP contribution in [-0.2, 0) is 31.1 Å². The second kappa shape index (κ2) is 7.01. The normalized spacial score (nSPS) is 13.8. The molecule has 0 saturated carbocycles. The first-order chi connectivity index (χ1) is 9.59. The molecule has 2 N–H and O–H groups in total. The van der Waals surface area contributed by atoms with Crippen molar-refractivity contribution in [3.05, 3.63) is 35.9 Å². The Bertz CT molecular complexity index is 682. The molecule has 7 nitrogen and oxygen atoms in total. The van der Waals surface area contributed by atoms with Crippen molar-refractivity contribution in [2.24, 2.45) is 0 Å². The van der Waals surface area contributed by atoms with Crippen LogP contribution in [0.1, 0.15) is 12.0 Å². The monoisotopic (exact) mass is 335 g/mol. The lowest BCUT2D eigenvalue weighted by molar-refractivity contribution is -0.139. The van der Waals surface area contributed by atoms with Crippen LogP contribution in [0.25, 0.3) is 0 Å². The Morgan fingerprint density at radius 1 is 1.19 bits per heavy atom. The van der Waals surface area contributed by atoms with Crippen molar-refractivity contribution < 1.29 is 26.7 Å². The van der Waals surface area contributed by atoms with E-state index in [0.717, 1.165) is 11.8 Å². The highest BCUT2D eigenvalue weighted by molar-refractivity contribution is 8.06. The van der Waals surface area contributed by atoms with Gasteiger partial charge in [0, 0.05) is 6.26 Å². The van der Waals surface area contributed by atoms with Crippen molar-refractivity contribution in [2.75, 3.05) is 11.3 Å². The molecule has 9 heteroatoms. The van der Waals surface area contributed by atoms with Crippen LogP contribution in [0.4, 0.5) is 0 Å². The van der Waals surface area contributed by atoms with Crippen molar-refractivity contribution >= 4 is 25.8 Å². The van der Waals surface area contributed by atoms with E-state index in [1.807, 2.05) is 10.8 Å². The number of carboxylic acids is 1. The number of sulfonamides is 1. The van der Waals surface area contributed by atoms with E-state index in [2.05, 4.69) is 0 Å². The summed E-state index contributed by atoms with van der Waals surface area (Å²) in [5.41, 5.74) is 0.867. The number of carboxylic acid groups (broad SMARTS) is 1. The summed E-state index contributed by atoms with van der Waals surface area (Å²) in [6, 6.07) is 7.62. The molecule has 1 aromatic rings. The second-order valence-corrected chi connectivity index (χ2v) is 8.95. The van der Waals surface area contributed by atoms with E-state index in [0.29, 0.717) is 6.42 Å². The number of hydrogen-bond donors (Lipinski definition) is 2. The average molecular weight is 335 g/mol. The Labute approximate surface area is 124 Å². The number of carbonyl (C=O) groups is 1. The number of rotatable bonds is 8. The molecule has 0 unspecified atom stereocenters. The first kappa shape index (κ1) is 17.6. The molecular weight excluding hydrogens is 318 g/mol. The fourth-order valence-corrected chi connectivity index (χ4v) is 4.90. The van der Waals surface area contributed by atoms with Crippen LogP contribution < -0.4 is 4.72 Å². The molecule has 0 aliphatic carbocycles. The fraction of sp³-hybridized carbons (Fsp3) is 0.417. The van der Waals surface area contributed by atoms with Gasteiger partial charge < -0.3 is 5.11 Å². The maximum Gasteiger partial charge on any atom is 0.321 e. The summed E-state index contributed by atoms with van der Waals surface area (Å²) >= 11 is 0. The smallest absolute Gasteiger partial charge is 0.321 e. The van der Waals surface area contributed by atoms with E-state index in [1.165, 1.54) is 0 Å². The number of benzene rings is 1. The Kier molecular flexibility index (Phi) is 5.87. The largest absolute Gasteiger partial charge is 0.480 e. The maximum absolute atomic E-state index is 11.6. The quantitative estimate of drug-likeness (QED) is 0.690. The van der Waals surface area contributed by atoms with Gasteiger partial charge >= 0.3 is 5.97 Å². The number of sulfone groups is 1. The van der Waals surface area contributed by atoms with E-state index in [-0.39, 0.29) is 6.42 Å². The average Bonchev–Trinajstić information content (AvgIpc) is 2.32. The van der Waals surface area contributed by atoms with Crippen LogP contribution in [0.2, 0.25) is 0 Å². The van der Waals surface area contributed by atoms with E-state index in [1.54, 1.807) is 24.3 Å². The molecule has 0 radical (unpaired) electrons. The predicted octanol–water partition coefficient (Wildman–Crippen LogP) is -0.00610. The third kappa shape index (κ3) is 7.21. The van der Waals surface area contributed by atoms with Gasteiger partial charge in [0.15, 0.2) is 14.9 Å². The zero-order valence-electron chi connectivity index (χ0n) is 11.4. The van der Waals surface area contributed by atoms with Crippen LogP contribution in [0.5, 0.6) is 0 Å². The van der Waals surface area contributed by atoms with Gasteiger partial charge in [-0.3, -0.25) is 4.79 Å². The van der Waals surface area contributed by atoms with Gasteiger partial charge in [0.1, 0.15) is 6.04 Å². The highest BCUT2D eigenvalue weighted by atomic mass is 32.3. The fourth-order valence-electron chi connectivity index (χ4n) is 1.72. The van der Waals surface area contributed by atoms with Crippen molar-refractivity contribution in [2.45, 2.75) is 18.9 Å². The molecule has 21 heavy (non-hydrogen) atoms. The molecule has 118 valence electrons. The third-order valence-electron chi connectivity index (χ3n) is 2.55. The SMILES string of the molecule is CS(=O)(=O)CS(=O)(=O)N[C@@H](CCc1ccccc1)C(=O)O. The zero-order valence-corrected chi connectivity index (χ0v) is 13.0. The number of nitrogens with one attached hydrogen (secondary N) is 1. The summed E-state index contributed by atoms with van der Waals surface area (Å²) in [5, 5.41) is 7.91. The van der Waals surface area contributed by atoms with Crippen LogP contribution >= 0.6 is 0 Å². The van der Waals surface area contributed by atoms with Crippen molar-refractivity contribution in [1.82, 2.24) is 4.72 Å². The molecular formula is C12H17NO6S2. The number of hydrogen-bond acceptors (Lipinski definition) is 5. The Balaban J connectivity index is 2.73. The van der Waals surface area contributed by atoms with Crippen molar-refractivity contribution in [3.63, 3.8) is 0 Å². The minimum atomic E-state index is -4.21. The molecule has 1 atom stereocenters. The van der Waals surface area contributed by atoms with Gasteiger partial charge in [-0.15, -0.1) is 0 Å². The summed E-state index contributed by atoms with van der Waals surface area (Å²) < 4.78 is 47.2. The number of aryl methyl sites for hydroxylation is 1. The van der Waals surface area contributed by atoms with Gasteiger partial charge in [-0.05, 0) is 18.4 Å². The molecule has 0 fully saturated rings. The van der Waals surface area contributed by atoms with E-state index >= 15 is 0 Å². The van der Waals surface area contributed by atoms with E-state index in [4.69, 9.17) is 5.11 Å². The van der Waals surface area contributed by atoms with E-state index in [9.17, 15) is 21.6 Å². The van der Waals surface area contributed by atoms with Gasteiger partial charge in [0.05, 0.1) is 0 Å². The molecule has 0 amide bonds. The molecule has 1 rings (SSSR count). The summed E-state index contributed by atoms with van der Waals surface area (Å²) in [4.78, 5) is 11.1. The lowest BCUT2D eigenvalue weighted by atomic mass is 10.1. The van der Waals surface area contributed by atoms with Gasteiger partial charge in [0.2, 0.25) is 10.0 Å². The molecule has 1 aromatic carbocycles. The molecule has 0 aromatic heterocycles. The van der Waals surface area contributed by atoms with Crippen LogP contribution in [0, 0.1) is 0 Å². The first-order valence-corrected chi connectivity index (χ1v) is 9.75. The maximum atomic E-state index is 11.6. The highest BCUT2D eigenvalue weighted by Gasteiger charge is 2.26. The third-order valence-corrected chi connectivity index (χ3v) is 6.15. The summed E-state index contributed by atoms with van der Waals surface area (Å²) in [7, 11) is -7.97. The van der Waals surface area contributed by atoms with Crippen LogP contribution in [0.3, 0.4) is 0 Å². The van der Waals surface area contributed by atoms with Crippen molar-refractivity contribution in [1.29, 1.82) is 0 Å². The summed E-state index contributed by atoms with van der Waals surface area (Å²) in [6.45, 7) is 0. The van der Waals surface area contributed by atoms with Crippen molar-refractivity contribution in [3.8, 4) is 0 Å². The van der Waals surface area contributed by atoms with Gasteiger partial charge in [-0.2, -0.15) is 0 Å². The molecule has 0 aliphatic rings. The lowest BCUT2D eigenvalue weighted by Crippen LogP contribution is -2.43. The van der Waals surface area contributed by atoms with Crippen LogP contribution in [-0.4, -0.2) is 45.3 Å². The minimum Gasteiger partial charge on any atom is -0.480 e. The molecule has 0 bridgehead atoms. The lowest BCUT2D eigenvalue weighted by Gasteiger charge is -2.14. The molecule has 0 saturated heterocycles. The van der Waals surface area contributed by atoms with Crippen LogP contribution in [0.15, 0.2) is 30.3 Å². The Morgan fingerprint density at radius 3 is 2.24 bits per heavy atom. The topological polar surface area (TPSA) is 118 Å². The summed E-state index contributed by atoms with van der Waals surface area (Å²) in [5.74, 6) is -1.34. The minimum absolute atomic E-state index is 0.0301. The predicted molar refractivity (Wildman–Crippen MR) is 78.0 cm³/mol. The van der Waals surface area contributed by atoms with Gasteiger partial charge in [-0.1, -0.05) is 30.3 Å².